The van der Waals surface area contributed by atoms with Gasteiger partial charge in [0.05, 0.1) is 0 Å². The van der Waals surface area contributed by atoms with Crippen molar-refractivity contribution in [2.24, 2.45) is 0 Å². The lowest BCUT2D eigenvalue weighted by Crippen LogP contribution is -1.77. The molecule has 0 spiro atoms. The van der Waals surface area contributed by atoms with Crippen molar-refractivity contribution in [3.63, 3.8) is 0 Å². The van der Waals surface area contributed by atoms with Crippen molar-refractivity contribution in [3.8, 4) is 0 Å². The molecule has 0 fully saturated rings. The molecule has 0 aliphatic carbocycles. The number of rotatable bonds is 1. The Kier molecular flexibility index (Phi) is 3.16. The van der Waals surface area contributed by atoms with Gasteiger partial charge in [0, 0.05) is 19.5 Å². The van der Waals surface area contributed by atoms with E-state index in [1.807, 2.05) is 18.2 Å². The van der Waals surface area contributed by atoms with Gasteiger partial charge in [-0.3, -0.25) is 0 Å². The predicted octanol–water partition coefficient (Wildman–Crippen LogP) is 4.47. The second-order valence-corrected chi connectivity index (χ2v) is 4.28. The zero-order valence-corrected chi connectivity index (χ0v) is 9.50. The first-order chi connectivity index (χ1) is 5.11. The molecule has 0 aliphatic rings. The first-order valence-electron chi connectivity index (χ1n) is 2.91. The fourth-order valence-electron chi connectivity index (χ4n) is 0.709. The summed E-state index contributed by atoms with van der Waals surface area (Å²) in [7, 11) is 0. The number of benzene rings is 1. The molecule has 3 heteroatoms. The van der Waals surface area contributed by atoms with Crippen molar-refractivity contribution in [3.05, 3.63) is 39.8 Å². The summed E-state index contributed by atoms with van der Waals surface area (Å²) < 4.78 is 1.80. The van der Waals surface area contributed by atoms with Crippen molar-refractivity contribution in [1.82, 2.24) is 0 Å². The monoisotopic (exact) mass is 294 g/mol. The molecule has 0 nitrogen and oxygen atoms in total. The number of hydrogen-bond donors (Lipinski definition) is 0. The molecule has 0 radical (unpaired) electrons. The Balaban J connectivity index is 3.20. The first-order valence-corrected chi connectivity index (χ1v) is 4.87. The van der Waals surface area contributed by atoms with Gasteiger partial charge in [-0.25, -0.2) is 0 Å². The average Bonchev–Trinajstić information content (AvgIpc) is 1.85. The van der Waals surface area contributed by atoms with Gasteiger partial charge in [-0.1, -0.05) is 56.1 Å². The predicted molar refractivity (Wildman–Crippen MR) is 57.1 cm³/mol. The second kappa shape index (κ2) is 3.74. The maximum Gasteiger partial charge on any atom is 0.0417 e. The van der Waals surface area contributed by atoms with Crippen LogP contribution in [0, 0.1) is 0 Å². The van der Waals surface area contributed by atoms with E-state index in [1.54, 1.807) is 0 Å². The topological polar surface area (TPSA) is 0 Å². The van der Waals surface area contributed by atoms with Crippen molar-refractivity contribution < 1.29 is 0 Å². The Hall–Kier alpha value is 0.210. The molecular weight excluding hydrogens is 291 g/mol. The standard InChI is InChI=1S/C8H5Br2Cl/c1-5(9)7-3-2-6(11)4-8(7)10/h2-4H,1H2. The Morgan fingerprint density at radius 3 is 2.55 bits per heavy atom. The van der Waals surface area contributed by atoms with E-state index < -0.39 is 0 Å². The minimum Gasteiger partial charge on any atom is -0.0843 e. The summed E-state index contributed by atoms with van der Waals surface area (Å²) in [5, 5.41) is 0.717. The normalized spacial score (nSPS) is 9.73. The Morgan fingerprint density at radius 1 is 1.45 bits per heavy atom. The van der Waals surface area contributed by atoms with E-state index in [0.29, 0.717) is 0 Å². The van der Waals surface area contributed by atoms with Crippen molar-refractivity contribution >= 4 is 47.9 Å². The molecule has 0 atom stereocenters. The van der Waals surface area contributed by atoms with Crippen molar-refractivity contribution in [2.45, 2.75) is 0 Å². The molecule has 0 heterocycles. The van der Waals surface area contributed by atoms with E-state index in [4.69, 9.17) is 11.6 Å². The van der Waals surface area contributed by atoms with Gasteiger partial charge in [-0.2, -0.15) is 0 Å². The van der Waals surface area contributed by atoms with Gasteiger partial charge in [0.15, 0.2) is 0 Å². The zero-order valence-electron chi connectivity index (χ0n) is 5.57. The molecule has 0 saturated carbocycles. The van der Waals surface area contributed by atoms with Gasteiger partial charge in [-0.15, -0.1) is 0 Å². The smallest absolute Gasteiger partial charge is 0.0417 e. The van der Waals surface area contributed by atoms with Gasteiger partial charge < -0.3 is 0 Å². The molecule has 0 bridgehead atoms. The van der Waals surface area contributed by atoms with Crippen LogP contribution >= 0.6 is 43.5 Å². The molecule has 1 rings (SSSR count). The summed E-state index contributed by atoms with van der Waals surface area (Å²) >= 11 is 12.4. The van der Waals surface area contributed by atoms with Crippen LogP contribution in [0.3, 0.4) is 0 Å². The highest BCUT2D eigenvalue weighted by Crippen LogP contribution is 2.29. The maximum absolute atomic E-state index is 5.75. The third-order valence-electron chi connectivity index (χ3n) is 1.22. The summed E-state index contributed by atoms with van der Waals surface area (Å²) in [6, 6.07) is 5.57. The molecule has 0 N–H and O–H groups in total. The highest BCUT2D eigenvalue weighted by Gasteiger charge is 2.00. The molecular formula is C8H5Br2Cl. The van der Waals surface area contributed by atoms with Crippen LogP contribution in [0.1, 0.15) is 5.56 Å². The second-order valence-electron chi connectivity index (χ2n) is 2.03. The van der Waals surface area contributed by atoms with Gasteiger partial charge in [-0.05, 0) is 12.1 Å². The molecule has 1 aromatic carbocycles. The van der Waals surface area contributed by atoms with E-state index in [1.165, 1.54) is 0 Å². The minimum atomic E-state index is 0.717. The lowest BCUT2D eigenvalue weighted by molar-refractivity contribution is 1.60. The van der Waals surface area contributed by atoms with E-state index >= 15 is 0 Å². The summed E-state index contributed by atoms with van der Waals surface area (Å²) in [6.45, 7) is 3.76. The number of halogens is 3. The molecule has 0 unspecified atom stereocenters. The fraction of sp³-hybridized carbons (Fsp3) is 0. The third kappa shape index (κ3) is 2.32. The van der Waals surface area contributed by atoms with Gasteiger partial charge in [0.1, 0.15) is 0 Å². The molecule has 0 aliphatic heterocycles. The molecule has 1 aromatic rings. The average molecular weight is 296 g/mol. The van der Waals surface area contributed by atoms with Crippen LogP contribution in [-0.4, -0.2) is 0 Å². The van der Waals surface area contributed by atoms with Crippen LogP contribution < -0.4 is 0 Å². The Morgan fingerprint density at radius 2 is 2.09 bits per heavy atom. The molecule has 11 heavy (non-hydrogen) atoms. The maximum atomic E-state index is 5.75. The molecule has 0 saturated heterocycles. The summed E-state index contributed by atoms with van der Waals surface area (Å²) in [6.07, 6.45) is 0. The summed E-state index contributed by atoms with van der Waals surface area (Å²) in [4.78, 5) is 0. The fourth-order valence-corrected chi connectivity index (χ4v) is 2.24. The van der Waals surface area contributed by atoms with Crippen molar-refractivity contribution in [1.29, 1.82) is 0 Å². The highest BCUT2D eigenvalue weighted by molar-refractivity contribution is 9.15. The Labute approximate surface area is 87.5 Å². The van der Waals surface area contributed by atoms with Crippen LogP contribution in [0.5, 0.6) is 0 Å². The van der Waals surface area contributed by atoms with E-state index in [9.17, 15) is 0 Å². The van der Waals surface area contributed by atoms with Crippen molar-refractivity contribution in [2.75, 3.05) is 0 Å². The molecule has 58 valence electrons. The van der Waals surface area contributed by atoms with E-state index in [-0.39, 0.29) is 0 Å². The highest BCUT2D eigenvalue weighted by atomic mass is 79.9. The van der Waals surface area contributed by atoms with Gasteiger partial charge in [0.25, 0.3) is 0 Å². The lowest BCUT2D eigenvalue weighted by Gasteiger charge is -2.01. The quantitative estimate of drug-likeness (QED) is 0.717. The SMILES string of the molecule is C=C(Br)c1ccc(Cl)cc1Br. The van der Waals surface area contributed by atoms with Crippen LogP contribution in [0.15, 0.2) is 29.3 Å². The summed E-state index contributed by atoms with van der Waals surface area (Å²) in [5.74, 6) is 0. The largest absolute Gasteiger partial charge is 0.0843 e. The van der Waals surface area contributed by atoms with Crippen LogP contribution in [0.25, 0.3) is 4.48 Å². The molecule has 0 aromatic heterocycles. The van der Waals surface area contributed by atoms with Gasteiger partial charge in [0.2, 0.25) is 0 Å². The lowest BCUT2D eigenvalue weighted by atomic mass is 10.2. The van der Waals surface area contributed by atoms with Crippen LogP contribution in [0.4, 0.5) is 0 Å². The minimum absolute atomic E-state index is 0.717. The van der Waals surface area contributed by atoms with Gasteiger partial charge >= 0.3 is 0 Å². The first kappa shape index (κ1) is 9.30. The van der Waals surface area contributed by atoms with E-state index in [0.717, 1.165) is 19.5 Å². The number of hydrogen-bond acceptors (Lipinski definition) is 0. The Bertz CT molecular complexity index is 294. The van der Waals surface area contributed by atoms with Crippen LogP contribution in [-0.2, 0) is 0 Å². The molecule has 0 amide bonds. The summed E-state index contributed by atoms with van der Waals surface area (Å²) in [5.41, 5.74) is 1.02. The van der Waals surface area contributed by atoms with E-state index in [2.05, 4.69) is 38.4 Å². The van der Waals surface area contributed by atoms with Crippen LogP contribution in [0.2, 0.25) is 5.02 Å². The third-order valence-corrected chi connectivity index (χ3v) is 2.54. The zero-order chi connectivity index (χ0) is 8.43.